The van der Waals surface area contributed by atoms with E-state index in [0.29, 0.717) is 23.3 Å². The second kappa shape index (κ2) is 9.34. The van der Waals surface area contributed by atoms with Crippen LogP contribution in [-0.2, 0) is 6.54 Å². The molecule has 0 aliphatic rings. The predicted octanol–water partition coefficient (Wildman–Crippen LogP) is 4.82. The SMILES string of the molecule is CC.CCC(C)Cn1c(-c2ccccc2)c(Cl)nc(-n2cccn2)c1=O. The number of halogens is 1. The standard InChI is InChI=1S/C18H19ClN4O.C2H6/c1-3-13(2)12-22-15(14-8-5-4-6-9-14)16(19)21-17(18(22)24)23-11-7-10-20-23;1-2/h4-11,13H,3,12H2,1-2H3;1-2H3. The highest BCUT2D eigenvalue weighted by Crippen LogP contribution is 2.26. The Hall–Kier alpha value is -2.40. The molecule has 0 aliphatic heterocycles. The van der Waals surface area contributed by atoms with Gasteiger partial charge in [0.05, 0.1) is 5.69 Å². The molecular formula is C20H25ClN4O. The van der Waals surface area contributed by atoms with Crippen molar-refractivity contribution in [2.45, 2.75) is 40.7 Å². The highest BCUT2D eigenvalue weighted by Gasteiger charge is 2.19. The van der Waals surface area contributed by atoms with Gasteiger partial charge in [0.2, 0.25) is 5.82 Å². The van der Waals surface area contributed by atoms with Gasteiger partial charge in [0.15, 0.2) is 5.15 Å². The maximum atomic E-state index is 13.0. The van der Waals surface area contributed by atoms with Crippen molar-refractivity contribution in [1.82, 2.24) is 19.3 Å². The molecule has 2 heterocycles. The monoisotopic (exact) mass is 372 g/mol. The van der Waals surface area contributed by atoms with Crippen molar-refractivity contribution in [3.05, 3.63) is 64.3 Å². The van der Waals surface area contributed by atoms with E-state index in [1.54, 1.807) is 23.0 Å². The number of aromatic nitrogens is 4. The lowest BCUT2D eigenvalue weighted by Crippen LogP contribution is -2.30. The molecule has 5 nitrogen and oxygen atoms in total. The van der Waals surface area contributed by atoms with E-state index in [1.807, 2.05) is 44.2 Å². The summed E-state index contributed by atoms with van der Waals surface area (Å²) < 4.78 is 3.17. The second-order valence-electron chi connectivity index (χ2n) is 5.82. The first-order valence-corrected chi connectivity index (χ1v) is 9.35. The smallest absolute Gasteiger partial charge is 0.296 e. The van der Waals surface area contributed by atoms with E-state index >= 15 is 0 Å². The lowest BCUT2D eigenvalue weighted by atomic mass is 10.1. The molecule has 0 N–H and O–H groups in total. The van der Waals surface area contributed by atoms with Gasteiger partial charge in [-0.15, -0.1) is 0 Å². The molecule has 0 amide bonds. The van der Waals surface area contributed by atoms with Crippen LogP contribution in [0.3, 0.4) is 0 Å². The average Bonchev–Trinajstić information content (AvgIpc) is 3.21. The molecular weight excluding hydrogens is 348 g/mol. The van der Waals surface area contributed by atoms with E-state index in [-0.39, 0.29) is 11.4 Å². The summed E-state index contributed by atoms with van der Waals surface area (Å²) in [5.41, 5.74) is 1.34. The maximum absolute atomic E-state index is 13.0. The third-order valence-electron chi connectivity index (χ3n) is 4.07. The van der Waals surface area contributed by atoms with Gasteiger partial charge in [0.25, 0.3) is 5.56 Å². The van der Waals surface area contributed by atoms with Crippen molar-refractivity contribution in [2.75, 3.05) is 0 Å². The molecule has 0 saturated heterocycles. The summed E-state index contributed by atoms with van der Waals surface area (Å²) in [7, 11) is 0. The van der Waals surface area contributed by atoms with Crippen LogP contribution in [0.5, 0.6) is 0 Å². The van der Waals surface area contributed by atoms with E-state index < -0.39 is 0 Å². The Kier molecular flexibility index (Phi) is 7.16. The summed E-state index contributed by atoms with van der Waals surface area (Å²) in [4.78, 5) is 17.4. The molecule has 1 atom stereocenters. The highest BCUT2D eigenvalue weighted by molar-refractivity contribution is 6.31. The van der Waals surface area contributed by atoms with Gasteiger partial charge < -0.3 is 4.57 Å². The highest BCUT2D eigenvalue weighted by atomic mass is 35.5. The lowest BCUT2D eigenvalue weighted by molar-refractivity contribution is 0.460. The van der Waals surface area contributed by atoms with Crippen LogP contribution < -0.4 is 5.56 Å². The Labute approximate surface area is 159 Å². The fourth-order valence-corrected chi connectivity index (χ4v) is 2.85. The van der Waals surface area contributed by atoms with Crippen molar-refractivity contribution in [2.24, 2.45) is 5.92 Å². The van der Waals surface area contributed by atoms with Crippen molar-refractivity contribution in [1.29, 1.82) is 0 Å². The number of hydrogen-bond acceptors (Lipinski definition) is 3. The van der Waals surface area contributed by atoms with E-state index in [2.05, 4.69) is 23.9 Å². The predicted molar refractivity (Wildman–Crippen MR) is 107 cm³/mol. The molecule has 2 aromatic heterocycles. The Morgan fingerprint density at radius 3 is 2.42 bits per heavy atom. The summed E-state index contributed by atoms with van der Waals surface area (Å²) in [5.74, 6) is 0.557. The van der Waals surface area contributed by atoms with E-state index in [0.717, 1.165) is 12.0 Å². The molecule has 3 rings (SSSR count). The Morgan fingerprint density at radius 2 is 1.85 bits per heavy atom. The van der Waals surface area contributed by atoms with Crippen LogP contribution in [0, 0.1) is 5.92 Å². The van der Waals surface area contributed by atoms with E-state index in [4.69, 9.17) is 11.6 Å². The topological polar surface area (TPSA) is 52.7 Å². The van der Waals surface area contributed by atoms with E-state index in [9.17, 15) is 4.79 Å². The van der Waals surface area contributed by atoms with Gasteiger partial charge in [-0.25, -0.2) is 9.67 Å². The minimum atomic E-state index is -0.192. The van der Waals surface area contributed by atoms with Crippen molar-refractivity contribution in [3.63, 3.8) is 0 Å². The Morgan fingerprint density at radius 1 is 1.15 bits per heavy atom. The summed E-state index contributed by atoms with van der Waals surface area (Å²) in [6.07, 6.45) is 4.27. The van der Waals surface area contributed by atoms with Crippen molar-refractivity contribution < 1.29 is 0 Å². The van der Waals surface area contributed by atoms with Gasteiger partial charge in [0, 0.05) is 24.5 Å². The zero-order chi connectivity index (χ0) is 19.1. The summed E-state index contributed by atoms with van der Waals surface area (Å²) >= 11 is 6.47. The zero-order valence-corrected chi connectivity index (χ0v) is 16.4. The van der Waals surface area contributed by atoms with E-state index in [1.165, 1.54) is 4.68 Å². The first-order valence-electron chi connectivity index (χ1n) is 8.97. The lowest BCUT2D eigenvalue weighted by Gasteiger charge is -2.18. The second-order valence-corrected chi connectivity index (χ2v) is 6.18. The quantitative estimate of drug-likeness (QED) is 0.645. The van der Waals surface area contributed by atoms with Crippen LogP contribution in [-0.4, -0.2) is 19.3 Å². The minimum Gasteiger partial charge on any atom is -0.302 e. The Bertz CT molecular complexity index is 873. The van der Waals surface area contributed by atoms with Gasteiger partial charge in [-0.1, -0.05) is 76.0 Å². The molecule has 0 spiro atoms. The maximum Gasteiger partial charge on any atom is 0.296 e. The molecule has 26 heavy (non-hydrogen) atoms. The van der Waals surface area contributed by atoms with Crippen molar-refractivity contribution >= 4 is 11.6 Å². The van der Waals surface area contributed by atoms with Crippen molar-refractivity contribution in [3.8, 4) is 17.1 Å². The number of nitrogens with zero attached hydrogens (tertiary/aromatic N) is 4. The molecule has 138 valence electrons. The fourth-order valence-electron chi connectivity index (χ4n) is 2.56. The normalized spacial score (nSPS) is 11.6. The first kappa shape index (κ1) is 19.9. The van der Waals surface area contributed by atoms with Crippen LogP contribution >= 0.6 is 11.6 Å². The molecule has 0 saturated carbocycles. The minimum absolute atomic E-state index is 0.192. The Balaban J connectivity index is 0.00000117. The molecule has 6 heteroatoms. The average molecular weight is 373 g/mol. The number of benzene rings is 1. The van der Waals surface area contributed by atoms with Crippen LogP contribution in [0.1, 0.15) is 34.1 Å². The third kappa shape index (κ3) is 4.22. The number of hydrogen-bond donors (Lipinski definition) is 0. The fraction of sp³-hybridized carbons (Fsp3) is 0.350. The molecule has 3 aromatic rings. The van der Waals surface area contributed by atoms with Crippen LogP contribution in [0.2, 0.25) is 5.15 Å². The summed E-state index contributed by atoms with van der Waals surface area (Å²) in [6.45, 7) is 8.80. The molecule has 0 aliphatic carbocycles. The number of rotatable bonds is 5. The van der Waals surface area contributed by atoms with Gasteiger partial charge in [0.1, 0.15) is 0 Å². The third-order valence-corrected chi connectivity index (χ3v) is 4.33. The zero-order valence-electron chi connectivity index (χ0n) is 15.7. The molecule has 1 aromatic carbocycles. The molecule has 0 bridgehead atoms. The van der Waals surface area contributed by atoms with Gasteiger partial charge in [-0.05, 0) is 12.0 Å². The largest absolute Gasteiger partial charge is 0.302 e. The van der Waals surface area contributed by atoms with Gasteiger partial charge in [-0.3, -0.25) is 4.79 Å². The van der Waals surface area contributed by atoms with Gasteiger partial charge >= 0.3 is 0 Å². The summed E-state index contributed by atoms with van der Waals surface area (Å²) in [5, 5.41) is 4.41. The van der Waals surface area contributed by atoms with Crippen LogP contribution in [0.4, 0.5) is 0 Å². The van der Waals surface area contributed by atoms with Crippen LogP contribution in [0.15, 0.2) is 53.6 Å². The van der Waals surface area contributed by atoms with Crippen LogP contribution in [0.25, 0.3) is 17.1 Å². The molecule has 0 fully saturated rings. The summed E-state index contributed by atoms with van der Waals surface area (Å²) in [6, 6.07) is 11.4. The first-order chi connectivity index (χ1) is 12.6. The van der Waals surface area contributed by atoms with Gasteiger partial charge in [-0.2, -0.15) is 5.10 Å². The molecule has 0 radical (unpaired) electrons. The molecule has 1 unspecified atom stereocenters.